The Morgan fingerprint density at radius 2 is 1.96 bits per heavy atom. The summed E-state index contributed by atoms with van der Waals surface area (Å²) in [6.07, 6.45) is 1.08. The van der Waals surface area contributed by atoms with E-state index in [1.165, 1.54) is 16.4 Å². The van der Waals surface area contributed by atoms with Gasteiger partial charge in [0, 0.05) is 17.6 Å². The topological polar surface area (TPSA) is 66.5 Å². The van der Waals surface area contributed by atoms with Gasteiger partial charge in [-0.2, -0.15) is 4.31 Å². The molecule has 1 aliphatic heterocycles. The molecule has 0 aromatic heterocycles. The van der Waals surface area contributed by atoms with E-state index in [9.17, 15) is 17.6 Å². The second-order valence-electron chi connectivity index (χ2n) is 6.54. The van der Waals surface area contributed by atoms with Crippen LogP contribution in [0.4, 0.5) is 4.39 Å². The first-order valence-electron chi connectivity index (χ1n) is 8.59. The number of rotatable bonds is 5. The minimum Gasteiger partial charge on any atom is -0.351 e. The zero-order chi connectivity index (χ0) is 19.6. The predicted molar refractivity (Wildman–Crippen MR) is 104 cm³/mol. The van der Waals surface area contributed by atoms with Crippen molar-refractivity contribution in [3.8, 4) is 0 Å². The normalized spacial score (nSPS) is 17.8. The second-order valence-corrected chi connectivity index (χ2v) is 9.29. The Bertz CT molecular complexity index is 948. The van der Waals surface area contributed by atoms with E-state index in [0.717, 1.165) is 5.56 Å². The number of hydrogen-bond acceptors (Lipinski definition) is 3. The van der Waals surface area contributed by atoms with Crippen molar-refractivity contribution >= 4 is 31.9 Å². The van der Waals surface area contributed by atoms with Crippen LogP contribution in [0.3, 0.4) is 0 Å². The molecule has 0 bridgehead atoms. The van der Waals surface area contributed by atoms with Crippen molar-refractivity contribution < 1.29 is 17.6 Å². The van der Waals surface area contributed by atoms with Crippen LogP contribution in [0.5, 0.6) is 0 Å². The Morgan fingerprint density at radius 1 is 1.26 bits per heavy atom. The average Bonchev–Trinajstić information content (AvgIpc) is 3.13. The van der Waals surface area contributed by atoms with Gasteiger partial charge in [0.25, 0.3) is 0 Å². The summed E-state index contributed by atoms with van der Waals surface area (Å²) in [7, 11) is -3.74. The van der Waals surface area contributed by atoms with Crippen LogP contribution in [0.2, 0.25) is 0 Å². The monoisotopic (exact) mass is 454 g/mol. The Kier molecular flexibility index (Phi) is 5.98. The second kappa shape index (κ2) is 8.08. The van der Waals surface area contributed by atoms with Gasteiger partial charge in [0.2, 0.25) is 15.9 Å². The molecule has 1 fully saturated rings. The Labute approximate surface area is 166 Å². The van der Waals surface area contributed by atoms with Crippen LogP contribution < -0.4 is 5.32 Å². The van der Waals surface area contributed by atoms with E-state index in [2.05, 4.69) is 21.2 Å². The number of halogens is 2. The molecule has 8 heteroatoms. The van der Waals surface area contributed by atoms with Gasteiger partial charge in [-0.05, 0) is 55.7 Å². The molecule has 1 saturated heterocycles. The fourth-order valence-electron chi connectivity index (χ4n) is 3.11. The van der Waals surface area contributed by atoms with Gasteiger partial charge in [0.15, 0.2) is 0 Å². The van der Waals surface area contributed by atoms with Crippen LogP contribution >= 0.6 is 15.9 Å². The van der Waals surface area contributed by atoms with Crippen LogP contribution in [0.1, 0.15) is 24.0 Å². The summed E-state index contributed by atoms with van der Waals surface area (Å²) < 4.78 is 41.2. The van der Waals surface area contributed by atoms with Crippen molar-refractivity contribution in [1.82, 2.24) is 9.62 Å². The molecule has 1 heterocycles. The lowest BCUT2D eigenvalue weighted by atomic mass is 10.2. The molecule has 144 valence electrons. The molecule has 1 amide bonds. The number of amides is 1. The van der Waals surface area contributed by atoms with E-state index in [-0.39, 0.29) is 17.3 Å². The highest BCUT2D eigenvalue weighted by atomic mass is 79.9. The standard InChI is InChI=1S/C19H20BrFN2O3S/c1-13-4-7-16(8-5-13)27(25,26)23-10-2-3-18(23)19(24)22-12-14-11-15(21)6-9-17(14)20/h4-9,11,18H,2-3,10,12H2,1H3,(H,22,24)/t18-/m0/s1. The van der Waals surface area contributed by atoms with Crippen molar-refractivity contribution in [3.05, 3.63) is 63.9 Å². The van der Waals surface area contributed by atoms with E-state index in [1.807, 2.05) is 6.92 Å². The number of sulfonamides is 1. The number of hydrogen-bond donors (Lipinski definition) is 1. The number of nitrogens with zero attached hydrogens (tertiary/aromatic N) is 1. The number of benzene rings is 2. The third kappa shape index (κ3) is 4.39. The van der Waals surface area contributed by atoms with Crippen LogP contribution in [-0.4, -0.2) is 31.2 Å². The Morgan fingerprint density at radius 3 is 2.67 bits per heavy atom. The summed E-state index contributed by atoms with van der Waals surface area (Å²) in [5.41, 5.74) is 1.56. The summed E-state index contributed by atoms with van der Waals surface area (Å²) in [5.74, 6) is -0.772. The first kappa shape index (κ1) is 20.0. The van der Waals surface area contributed by atoms with Crippen molar-refractivity contribution in [2.45, 2.75) is 37.2 Å². The van der Waals surface area contributed by atoms with Gasteiger partial charge in [-0.3, -0.25) is 4.79 Å². The Hall–Kier alpha value is -1.77. The molecule has 27 heavy (non-hydrogen) atoms. The molecule has 2 aromatic carbocycles. The fraction of sp³-hybridized carbons (Fsp3) is 0.316. The van der Waals surface area contributed by atoms with Crippen molar-refractivity contribution in [3.63, 3.8) is 0 Å². The van der Waals surface area contributed by atoms with Crippen LogP contribution in [0, 0.1) is 12.7 Å². The lowest BCUT2D eigenvalue weighted by molar-refractivity contribution is -0.124. The zero-order valence-corrected chi connectivity index (χ0v) is 17.2. The number of carbonyl (C=O) groups excluding carboxylic acids is 1. The summed E-state index contributed by atoms with van der Waals surface area (Å²) in [4.78, 5) is 12.8. The molecule has 3 rings (SSSR count). The summed E-state index contributed by atoms with van der Waals surface area (Å²) in [5, 5.41) is 2.73. The van der Waals surface area contributed by atoms with E-state index in [0.29, 0.717) is 29.4 Å². The third-order valence-electron chi connectivity index (χ3n) is 4.59. The smallest absolute Gasteiger partial charge is 0.243 e. The highest BCUT2D eigenvalue weighted by molar-refractivity contribution is 9.10. The highest BCUT2D eigenvalue weighted by Gasteiger charge is 2.39. The summed E-state index contributed by atoms with van der Waals surface area (Å²) >= 11 is 3.32. The summed E-state index contributed by atoms with van der Waals surface area (Å²) in [6.45, 7) is 2.30. The van der Waals surface area contributed by atoms with E-state index in [4.69, 9.17) is 0 Å². The van der Waals surface area contributed by atoms with Crippen molar-refractivity contribution in [1.29, 1.82) is 0 Å². The number of nitrogens with one attached hydrogen (secondary N) is 1. The molecule has 1 atom stereocenters. The number of carbonyl (C=O) groups is 1. The van der Waals surface area contributed by atoms with E-state index < -0.39 is 21.9 Å². The van der Waals surface area contributed by atoms with Gasteiger partial charge in [-0.1, -0.05) is 33.6 Å². The van der Waals surface area contributed by atoms with Crippen LogP contribution in [-0.2, 0) is 21.4 Å². The summed E-state index contributed by atoms with van der Waals surface area (Å²) in [6, 6.07) is 10.1. The number of aryl methyl sites for hydroxylation is 1. The Balaban J connectivity index is 1.74. The predicted octanol–water partition coefficient (Wildman–Crippen LogP) is 3.37. The molecule has 0 unspecified atom stereocenters. The minimum absolute atomic E-state index is 0.117. The lowest BCUT2D eigenvalue weighted by Crippen LogP contribution is -2.45. The van der Waals surface area contributed by atoms with Crippen molar-refractivity contribution in [2.75, 3.05) is 6.54 Å². The van der Waals surface area contributed by atoms with Gasteiger partial charge in [0.1, 0.15) is 11.9 Å². The molecule has 1 N–H and O–H groups in total. The van der Waals surface area contributed by atoms with Gasteiger partial charge in [-0.25, -0.2) is 12.8 Å². The van der Waals surface area contributed by atoms with Crippen LogP contribution in [0.25, 0.3) is 0 Å². The lowest BCUT2D eigenvalue weighted by Gasteiger charge is -2.23. The zero-order valence-electron chi connectivity index (χ0n) is 14.8. The molecule has 5 nitrogen and oxygen atoms in total. The van der Waals surface area contributed by atoms with Gasteiger partial charge < -0.3 is 5.32 Å². The molecule has 0 aliphatic carbocycles. The molecule has 0 radical (unpaired) electrons. The third-order valence-corrected chi connectivity index (χ3v) is 7.29. The average molecular weight is 455 g/mol. The maximum absolute atomic E-state index is 13.4. The molecular formula is C19H20BrFN2O3S. The first-order valence-corrected chi connectivity index (χ1v) is 10.8. The molecular weight excluding hydrogens is 435 g/mol. The maximum Gasteiger partial charge on any atom is 0.243 e. The largest absolute Gasteiger partial charge is 0.351 e. The van der Waals surface area contributed by atoms with E-state index in [1.54, 1.807) is 30.3 Å². The molecule has 2 aromatic rings. The fourth-order valence-corrected chi connectivity index (χ4v) is 5.16. The molecule has 0 saturated carbocycles. The maximum atomic E-state index is 13.4. The molecule has 0 spiro atoms. The minimum atomic E-state index is -3.74. The van der Waals surface area contributed by atoms with E-state index >= 15 is 0 Å². The highest BCUT2D eigenvalue weighted by Crippen LogP contribution is 2.26. The first-order chi connectivity index (χ1) is 12.8. The van der Waals surface area contributed by atoms with Gasteiger partial charge >= 0.3 is 0 Å². The SMILES string of the molecule is Cc1ccc(S(=O)(=O)N2CCC[C@H]2C(=O)NCc2cc(F)ccc2Br)cc1. The van der Waals surface area contributed by atoms with Gasteiger partial charge in [0.05, 0.1) is 4.90 Å². The van der Waals surface area contributed by atoms with Gasteiger partial charge in [-0.15, -0.1) is 0 Å². The van der Waals surface area contributed by atoms with Crippen molar-refractivity contribution in [2.24, 2.45) is 0 Å². The quantitative estimate of drug-likeness (QED) is 0.752. The molecule has 1 aliphatic rings. The van der Waals surface area contributed by atoms with Crippen LogP contribution in [0.15, 0.2) is 51.8 Å².